The van der Waals surface area contributed by atoms with E-state index in [2.05, 4.69) is 171 Å². The summed E-state index contributed by atoms with van der Waals surface area (Å²) in [5.74, 6) is 0. The third kappa shape index (κ3) is 7.21. The molecule has 0 saturated heterocycles. The molecule has 40 heavy (non-hydrogen) atoms. The van der Waals surface area contributed by atoms with Crippen LogP contribution < -0.4 is 9.80 Å². The highest BCUT2D eigenvalue weighted by Gasteiger charge is 2.09. The first-order valence-electron chi connectivity index (χ1n) is 14.6. The summed E-state index contributed by atoms with van der Waals surface area (Å²) in [4.78, 5) is 4.76. The Kier molecular flexibility index (Phi) is 10.6. The summed E-state index contributed by atoms with van der Waals surface area (Å²) >= 11 is 0. The van der Waals surface area contributed by atoms with Crippen LogP contribution in [0.5, 0.6) is 0 Å². The number of nitrogens with zero attached hydrogens (tertiary/aromatic N) is 2. The molecule has 0 unspecified atom stereocenters. The lowest BCUT2D eigenvalue weighted by Crippen LogP contribution is -2.21. The summed E-state index contributed by atoms with van der Waals surface area (Å²) < 4.78 is 0. The van der Waals surface area contributed by atoms with Crippen LogP contribution in [0.25, 0.3) is 11.1 Å². The molecule has 2 heteroatoms. The third-order valence-corrected chi connectivity index (χ3v) is 7.42. The first-order chi connectivity index (χ1) is 19.7. The molecule has 2 nitrogen and oxygen atoms in total. The minimum absolute atomic E-state index is 1.01. The van der Waals surface area contributed by atoms with Crippen molar-refractivity contribution in [3.63, 3.8) is 0 Å². The summed E-state index contributed by atoms with van der Waals surface area (Å²) in [6.07, 6.45) is 8.77. The Morgan fingerprint density at radius 2 is 0.725 bits per heavy atom. The van der Waals surface area contributed by atoms with Gasteiger partial charge in [-0.1, -0.05) is 109 Å². The topological polar surface area (TPSA) is 6.48 Å². The fourth-order valence-electron chi connectivity index (χ4n) is 5.14. The number of hydrogen-bond acceptors (Lipinski definition) is 2. The standard InChI is InChI=1S/C38H42N2/c1-5-39(6-2)35-27-23-33(24-28-35)38(34-25-29-36(30-26-34)40(7-3)8-4)22-16-15-21-37(31-17-11-9-12-18-31)32-19-13-10-14-20-32/h9-30H,5-8H2,1-4H3. The number of benzene rings is 4. The number of hydrogen-bond donors (Lipinski definition) is 0. The second kappa shape index (κ2) is 14.7. The van der Waals surface area contributed by atoms with Gasteiger partial charge in [0.05, 0.1) is 0 Å². The van der Waals surface area contributed by atoms with Crippen molar-refractivity contribution in [3.05, 3.63) is 156 Å². The Morgan fingerprint density at radius 1 is 0.425 bits per heavy atom. The van der Waals surface area contributed by atoms with E-state index in [1.54, 1.807) is 0 Å². The van der Waals surface area contributed by atoms with Crippen molar-refractivity contribution in [2.45, 2.75) is 27.7 Å². The van der Waals surface area contributed by atoms with Crippen molar-refractivity contribution in [1.29, 1.82) is 0 Å². The average molecular weight is 527 g/mol. The predicted molar refractivity (Wildman–Crippen MR) is 176 cm³/mol. The van der Waals surface area contributed by atoms with Crippen molar-refractivity contribution in [3.8, 4) is 0 Å². The van der Waals surface area contributed by atoms with Gasteiger partial charge in [0.15, 0.2) is 0 Å². The summed E-state index contributed by atoms with van der Waals surface area (Å²) in [6, 6.07) is 39.2. The van der Waals surface area contributed by atoms with Crippen molar-refractivity contribution < 1.29 is 0 Å². The molecule has 0 aliphatic heterocycles. The lowest BCUT2D eigenvalue weighted by Gasteiger charge is -2.22. The van der Waals surface area contributed by atoms with E-state index in [1.807, 2.05) is 0 Å². The zero-order valence-corrected chi connectivity index (χ0v) is 24.4. The van der Waals surface area contributed by atoms with Gasteiger partial charge in [0.2, 0.25) is 0 Å². The van der Waals surface area contributed by atoms with E-state index < -0.39 is 0 Å². The van der Waals surface area contributed by atoms with Crippen LogP contribution in [0, 0.1) is 0 Å². The fourth-order valence-corrected chi connectivity index (χ4v) is 5.14. The molecule has 4 rings (SSSR count). The van der Waals surface area contributed by atoms with Gasteiger partial charge in [0, 0.05) is 37.6 Å². The second-order valence-electron chi connectivity index (χ2n) is 9.72. The number of anilines is 2. The summed E-state index contributed by atoms with van der Waals surface area (Å²) in [5.41, 5.74) is 9.79. The smallest absolute Gasteiger partial charge is 0.0366 e. The molecule has 4 aromatic rings. The second-order valence-corrected chi connectivity index (χ2v) is 9.72. The Bertz CT molecular complexity index is 1290. The summed E-state index contributed by atoms with van der Waals surface area (Å²) in [6.45, 7) is 12.8. The normalized spacial score (nSPS) is 10.8. The third-order valence-electron chi connectivity index (χ3n) is 7.42. The number of rotatable bonds is 12. The molecule has 204 valence electrons. The van der Waals surface area contributed by atoms with Crippen molar-refractivity contribution in [1.82, 2.24) is 0 Å². The number of allylic oxidation sites excluding steroid dienone is 4. The van der Waals surface area contributed by atoms with E-state index in [0.29, 0.717) is 0 Å². The van der Waals surface area contributed by atoms with Gasteiger partial charge < -0.3 is 9.80 Å². The van der Waals surface area contributed by atoms with Crippen molar-refractivity contribution in [2.75, 3.05) is 36.0 Å². The minimum Gasteiger partial charge on any atom is -0.372 e. The zero-order valence-electron chi connectivity index (χ0n) is 24.4. The first kappa shape index (κ1) is 28.7. The van der Waals surface area contributed by atoms with Crippen molar-refractivity contribution in [2.24, 2.45) is 0 Å². The van der Waals surface area contributed by atoms with E-state index in [1.165, 1.54) is 44.8 Å². The van der Waals surface area contributed by atoms with Gasteiger partial charge in [0.25, 0.3) is 0 Å². The SMILES string of the molecule is CCN(CC)c1ccc(C(=CC=CC=C(c2ccccc2)c2ccccc2)c2ccc(N(CC)CC)cc2)cc1. The molecular weight excluding hydrogens is 484 g/mol. The molecule has 4 aromatic carbocycles. The maximum Gasteiger partial charge on any atom is 0.0366 e. The molecule has 0 heterocycles. The highest BCUT2D eigenvalue weighted by Crippen LogP contribution is 2.28. The van der Waals surface area contributed by atoms with E-state index in [9.17, 15) is 0 Å². The highest BCUT2D eigenvalue weighted by molar-refractivity contribution is 5.83. The van der Waals surface area contributed by atoms with Crippen LogP contribution in [-0.2, 0) is 0 Å². The van der Waals surface area contributed by atoms with Crippen LogP contribution in [0.4, 0.5) is 11.4 Å². The lowest BCUT2D eigenvalue weighted by molar-refractivity contribution is 0.866. The molecule has 0 radical (unpaired) electrons. The van der Waals surface area contributed by atoms with Gasteiger partial charge in [-0.3, -0.25) is 0 Å². The molecule has 0 saturated carbocycles. The summed E-state index contributed by atoms with van der Waals surface area (Å²) in [7, 11) is 0. The quantitative estimate of drug-likeness (QED) is 0.170. The molecular formula is C38H42N2. The van der Waals surface area contributed by atoms with Crippen LogP contribution in [0.2, 0.25) is 0 Å². The molecule has 0 amide bonds. The van der Waals surface area contributed by atoms with E-state index >= 15 is 0 Å². The van der Waals surface area contributed by atoms with Crippen LogP contribution in [0.1, 0.15) is 49.9 Å². The molecule has 0 atom stereocenters. The zero-order chi connectivity index (χ0) is 28.2. The Balaban J connectivity index is 1.72. The Morgan fingerprint density at radius 3 is 1.02 bits per heavy atom. The van der Waals surface area contributed by atoms with Crippen molar-refractivity contribution >= 4 is 22.5 Å². The maximum atomic E-state index is 2.38. The van der Waals surface area contributed by atoms with Gasteiger partial charge >= 0.3 is 0 Å². The monoisotopic (exact) mass is 526 g/mol. The fraction of sp³-hybridized carbons (Fsp3) is 0.211. The molecule has 0 aromatic heterocycles. The molecule has 0 aliphatic carbocycles. The molecule has 0 bridgehead atoms. The van der Waals surface area contributed by atoms with Gasteiger partial charge in [-0.15, -0.1) is 0 Å². The molecule has 0 aliphatic rings. The molecule has 0 spiro atoms. The lowest BCUT2D eigenvalue weighted by atomic mass is 9.96. The van der Waals surface area contributed by atoms with Crippen LogP contribution in [-0.4, -0.2) is 26.2 Å². The van der Waals surface area contributed by atoms with E-state index in [4.69, 9.17) is 0 Å². The first-order valence-corrected chi connectivity index (χ1v) is 14.6. The van der Waals surface area contributed by atoms with Gasteiger partial charge in [0.1, 0.15) is 0 Å². The minimum atomic E-state index is 1.01. The Labute approximate surface area is 241 Å². The van der Waals surface area contributed by atoms with Crippen LogP contribution in [0.3, 0.4) is 0 Å². The largest absolute Gasteiger partial charge is 0.372 e. The molecule has 0 N–H and O–H groups in total. The van der Waals surface area contributed by atoms with Gasteiger partial charge in [-0.05, 0) is 85.4 Å². The highest BCUT2D eigenvalue weighted by atomic mass is 15.1. The van der Waals surface area contributed by atoms with E-state index in [0.717, 1.165) is 26.2 Å². The summed E-state index contributed by atoms with van der Waals surface area (Å²) in [5, 5.41) is 0. The van der Waals surface area contributed by atoms with E-state index in [-0.39, 0.29) is 0 Å². The molecule has 0 fully saturated rings. The van der Waals surface area contributed by atoms with Gasteiger partial charge in [-0.25, -0.2) is 0 Å². The maximum absolute atomic E-state index is 2.38. The van der Waals surface area contributed by atoms with Gasteiger partial charge in [-0.2, -0.15) is 0 Å². The predicted octanol–water partition coefficient (Wildman–Crippen LogP) is 9.50. The Hall–Kier alpha value is -4.30. The average Bonchev–Trinajstić information content (AvgIpc) is 3.02. The van der Waals surface area contributed by atoms with Crippen LogP contribution in [0.15, 0.2) is 133 Å². The van der Waals surface area contributed by atoms with Crippen LogP contribution >= 0.6 is 0 Å².